The lowest BCUT2D eigenvalue weighted by Crippen LogP contribution is -2.31. The molecule has 1 N–H and O–H groups in total. The van der Waals surface area contributed by atoms with Crippen LogP contribution in [0.1, 0.15) is 47.5 Å². The van der Waals surface area contributed by atoms with Crippen LogP contribution in [-0.4, -0.2) is 11.2 Å². The van der Waals surface area contributed by atoms with Gasteiger partial charge in [-0.15, -0.1) is 0 Å². The third kappa shape index (κ3) is 3.77. The second-order valence-electron chi connectivity index (χ2n) is 4.96. The molecule has 0 aromatic rings. The standard InChI is InChI=1S/C10H20O3/c1-6-9(2,3)7-10(4,5)8(11)13-12/h12H,6-7H2,1-5H3. The summed E-state index contributed by atoms with van der Waals surface area (Å²) in [5.74, 6) is -0.561. The highest BCUT2D eigenvalue weighted by Crippen LogP contribution is 2.36. The number of carbonyl (C=O) groups excluding carboxylic acids is 1. The lowest BCUT2D eigenvalue weighted by Gasteiger charge is -2.31. The highest BCUT2D eigenvalue weighted by atomic mass is 17.1. The van der Waals surface area contributed by atoms with Crippen molar-refractivity contribution in [2.45, 2.75) is 47.5 Å². The summed E-state index contributed by atoms with van der Waals surface area (Å²) in [7, 11) is 0. The van der Waals surface area contributed by atoms with Gasteiger partial charge in [0.15, 0.2) is 0 Å². The van der Waals surface area contributed by atoms with E-state index in [-0.39, 0.29) is 5.41 Å². The summed E-state index contributed by atoms with van der Waals surface area (Å²) >= 11 is 0. The Bertz CT molecular complexity index is 183. The van der Waals surface area contributed by atoms with Crippen molar-refractivity contribution in [3.8, 4) is 0 Å². The van der Waals surface area contributed by atoms with Crippen molar-refractivity contribution in [3.05, 3.63) is 0 Å². The molecule has 0 unspecified atom stereocenters. The van der Waals surface area contributed by atoms with Crippen molar-refractivity contribution in [1.82, 2.24) is 0 Å². The molecule has 0 fully saturated rings. The summed E-state index contributed by atoms with van der Waals surface area (Å²) in [4.78, 5) is 14.9. The van der Waals surface area contributed by atoms with E-state index in [1.165, 1.54) is 0 Å². The molecule has 0 atom stereocenters. The molecule has 0 aromatic heterocycles. The zero-order chi connectivity index (χ0) is 10.7. The van der Waals surface area contributed by atoms with Gasteiger partial charge in [0.25, 0.3) is 0 Å². The Kier molecular flexibility index (Phi) is 3.91. The fraction of sp³-hybridized carbons (Fsp3) is 0.900. The van der Waals surface area contributed by atoms with Crippen LogP contribution in [-0.2, 0) is 9.68 Å². The molecule has 0 aliphatic rings. The average Bonchev–Trinajstić information content (AvgIpc) is 2.01. The first kappa shape index (κ1) is 12.4. The summed E-state index contributed by atoms with van der Waals surface area (Å²) < 4.78 is 0. The molecule has 0 aromatic carbocycles. The lowest BCUT2D eigenvalue weighted by molar-refractivity contribution is -0.245. The zero-order valence-corrected chi connectivity index (χ0v) is 9.18. The first-order chi connectivity index (χ1) is 5.75. The highest BCUT2D eigenvalue weighted by Gasteiger charge is 2.35. The third-order valence-electron chi connectivity index (χ3n) is 2.51. The summed E-state index contributed by atoms with van der Waals surface area (Å²) in [6.07, 6.45) is 1.70. The van der Waals surface area contributed by atoms with E-state index in [1.807, 2.05) is 0 Å². The van der Waals surface area contributed by atoms with E-state index in [2.05, 4.69) is 25.7 Å². The first-order valence-electron chi connectivity index (χ1n) is 4.61. The Balaban J connectivity index is 4.41. The maximum absolute atomic E-state index is 11.2. The Morgan fingerprint density at radius 2 is 1.77 bits per heavy atom. The SMILES string of the molecule is CCC(C)(C)CC(C)(C)C(=O)OO. The van der Waals surface area contributed by atoms with E-state index in [1.54, 1.807) is 13.8 Å². The van der Waals surface area contributed by atoms with Crippen molar-refractivity contribution >= 4 is 5.97 Å². The molecular formula is C10H20O3. The summed E-state index contributed by atoms with van der Waals surface area (Å²) in [6, 6.07) is 0. The Morgan fingerprint density at radius 1 is 1.31 bits per heavy atom. The summed E-state index contributed by atoms with van der Waals surface area (Å²) in [5.41, 5.74) is -0.522. The zero-order valence-electron chi connectivity index (χ0n) is 9.18. The Morgan fingerprint density at radius 3 is 2.08 bits per heavy atom. The van der Waals surface area contributed by atoms with Gasteiger partial charge in [0.05, 0.1) is 5.41 Å². The van der Waals surface area contributed by atoms with Gasteiger partial charge < -0.3 is 4.89 Å². The third-order valence-corrected chi connectivity index (χ3v) is 2.51. The van der Waals surface area contributed by atoms with Crippen molar-refractivity contribution in [3.63, 3.8) is 0 Å². The smallest absolute Gasteiger partial charge is 0.300 e. The van der Waals surface area contributed by atoms with E-state index in [0.29, 0.717) is 6.42 Å². The van der Waals surface area contributed by atoms with Crippen molar-refractivity contribution in [2.75, 3.05) is 0 Å². The van der Waals surface area contributed by atoms with Crippen molar-refractivity contribution in [1.29, 1.82) is 0 Å². The molecule has 0 heterocycles. The Labute approximate surface area is 80.0 Å². The summed E-state index contributed by atoms with van der Waals surface area (Å²) in [5, 5.41) is 8.29. The number of hydrogen-bond donors (Lipinski definition) is 1. The molecule has 0 rings (SSSR count). The fourth-order valence-corrected chi connectivity index (χ4v) is 1.52. The largest absolute Gasteiger partial charge is 0.347 e. The predicted molar refractivity (Wildman–Crippen MR) is 51.2 cm³/mol. The number of carbonyl (C=O) groups is 1. The molecule has 0 aliphatic heterocycles. The van der Waals surface area contributed by atoms with E-state index >= 15 is 0 Å². The van der Waals surface area contributed by atoms with Crippen LogP contribution in [0.2, 0.25) is 0 Å². The minimum absolute atomic E-state index is 0.0949. The molecule has 0 amide bonds. The number of hydrogen-bond acceptors (Lipinski definition) is 3. The van der Waals surface area contributed by atoms with Gasteiger partial charge in [0.2, 0.25) is 0 Å². The summed E-state index contributed by atoms with van der Waals surface area (Å²) in [6.45, 7) is 9.84. The van der Waals surface area contributed by atoms with Crippen LogP contribution in [0.4, 0.5) is 0 Å². The van der Waals surface area contributed by atoms with E-state index in [4.69, 9.17) is 5.26 Å². The molecule has 0 radical (unpaired) electrons. The molecule has 13 heavy (non-hydrogen) atoms. The number of rotatable bonds is 4. The van der Waals surface area contributed by atoms with Crippen molar-refractivity contribution in [2.24, 2.45) is 10.8 Å². The monoisotopic (exact) mass is 188 g/mol. The van der Waals surface area contributed by atoms with Crippen LogP contribution in [0.5, 0.6) is 0 Å². The van der Waals surface area contributed by atoms with Gasteiger partial charge in [-0.1, -0.05) is 27.2 Å². The van der Waals surface area contributed by atoms with Gasteiger partial charge in [-0.2, -0.15) is 5.26 Å². The fourth-order valence-electron chi connectivity index (χ4n) is 1.52. The second-order valence-corrected chi connectivity index (χ2v) is 4.96. The normalized spacial score (nSPS) is 12.8. The molecule has 0 spiro atoms. The lowest BCUT2D eigenvalue weighted by atomic mass is 9.74. The van der Waals surface area contributed by atoms with E-state index < -0.39 is 11.4 Å². The van der Waals surface area contributed by atoms with Crippen LogP contribution >= 0.6 is 0 Å². The van der Waals surface area contributed by atoms with Gasteiger partial charge in [0.1, 0.15) is 0 Å². The molecule has 0 aliphatic carbocycles. The molecule has 3 heteroatoms. The first-order valence-corrected chi connectivity index (χ1v) is 4.61. The van der Waals surface area contributed by atoms with Crippen LogP contribution in [0.3, 0.4) is 0 Å². The van der Waals surface area contributed by atoms with Gasteiger partial charge in [-0.05, 0) is 25.7 Å². The minimum Gasteiger partial charge on any atom is -0.300 e. The maximum atomic E-state index is 11.2. The molecular weight excluding hydrogens is 168 g/mol. The van der Waals surface area contributed by atoms with Gasteiger partial charge in [-0.25, -0.2) is 4.79 Å². The van der Waals surface area contributed by atoms with Crippen LogP contribution in [0, 0.1) is 10.8 Å². The molecule has 0 saturated carbocycles. The predicted octanol–water partition coefficient (Wildman–Crippen LogP) is 2.86. The highest BCUT2D eigenvalue weighted by molar-refractivity contribution is 5.75. The topological polar surface area (TPSA) is 46.5 Å². The second kappa shape index (κ2) is 4.09. The Hall–Kier alpha value is -0.570. The van der Waals surface area contributed by atoms with Gasteiger partial charge in [-0.3, -0.25) is 0 Å². The average molecular weight is 188 g/mol. The van der Waals surface area contributed by atoms with Gasteiger partial charge in [0, 0.05) is 0 Å². The van der Waals surface area contributed by atoms with E-state index in [9.17, 15) is 4.79 Å². The van der Waals surface area contributed by atoms with Gasteiger partial charge >= 0.3 is 5.97 Å². The molecule has 0 bridgehead atoms. The minimum atomic E-state index is -0.617. The van der Waals surface area contributed by atoms with Crippen LogP contribution in [0.25, 0.3) is 0 Å². The quantitative estimate of drug-likeness (QED) is 0.545. The van der Waals surface area contributed by atoms with E-state index in [0.717, 1.165) is 6.42 Å². The van der Waals surface area contributed by atoms with Crippen molar-refractivity contribution < 1.29 is 14.9 Å². The van der Waals surface area contributed by atoms with Crippen LogP contribution < -0.4 is 0 Å². The maximum Gasteiger partial charge on any atom is 0.347 e. The molecule has 0 saturated heterocycles. The molecule has 78 valence electrons. The van der Waals surface area contributed by atoms with Crippen LogP contribution in [0.15, 0.2) is 0 Å². The molecule has 3 nitrogen and oxygen atoms in total.